The normalized spacial score (nSPS) is 12.0. The summed E-state index contributed by atoms with van der Waals surface area (Å²) in [6, 6.07) is 14.0. The maximum atomic E-state index is 10.4. The van der Waals surface area contributed by atoms with E-state index in [1.807, 2.05) is 37.3 Å². The third-order valence-electron chi connectivity index (χ3n) is 3.33. The molecule has 1 atom stereocenters. The fourth-order valence-electron chi connectivity index (χ4n) is 2.15. The van der Waals surface area contributed by atoms with Gasteiger partial charge in [0, 0.05) is 22.7 Å². The number of nitrogens with one attached hydrogen (secondary N) is 1. The standard InChI is InChI=1S/C17H21NO2S/c1-12-4-9-17(20-2)15(10-12)16(19)11-18-13-5-7-14(21-3)8-6-13/h4-10,16,18-19H,11H2,1-3H3. The molecule has 0 fully saturated rings. The van der Waals surface area contributed by atoms with Crippen LogP contribution in [0.5, 0.6) is 5.75 Å². The lowest BCUT2D eigenvalue weighted by molar-refractivity contribution is 0.187. The molecule has 2 aromatic carbocycles. The molecule has 0 aliphatic rings. The Labute approximate surface area is 130 Å². The molecule has 21 heavy (non-hydrogen) atoms. The van der Waals surface area contributed by atoms with Crippen LogP contribution in [0.3, 0.4) is 0 Å². The second-order valence-corrected chi connectivity index (χ2v) is 5.75. The second kappa shape index (κ2) is 7.38. The predicted octanol–water partition coefficient (Wildman–Crippen LogP) is 3.87. The number of aryl methyl sites for hydroxylation is 1. The fraction of sp³-hybridized carbons (Fsp3) is 0.294. The first-order valence-corrected chi connectivity index (χ1v) is 8.07. The van der Waals surface area contributed by atoms with E-state index in [0.717, 1.165) is 16.8 Å². The summed E-state index contributed by atoms with van der Waals surface area (Å²) in [6.07, 6.45) is 1.44. The largest absolute Gasteiger partial charge is 0.496 e. The summed E-state index contributed by atoms with van der Waals surface area (Å²) in [5.74, 6) is 0.715. The van der Waals surface area contributed by atoms with Crippen LogP contribution in [0.25, 0.3) is 0 Å². The van der Waals surface area contributed by atoms with Crippen molar-refractivity contribution < 1.29 is 9.84 Å². The molecule has 2 aromatic rings. The first-order valence-electron chi connectivity index (χ1n) is 6.84. The summed E-state index contributed by atoms with van der Waals surface area (Å²) in [5.41, 5.74) is 2.92. The summed E-state index contributed by atoms with van der Waals surface area (Å²) in [5, 5.41) is 13.6. The highest BCUT2D eigenvalue weighted by Gasteiger charge is 2.13. The Balaban J connectivity index is 2.03. The Morgan fingerprint density at radius 2 is 1.90 bits per heavy atom. The molecule has 1 unspecified atom stereocenters. The first-order chi connectivity index (χ1) is 10.1. The van der Waals surface area contributed by atoms with Crippen molar-refractivity contribution in [3.8, 4) is 5.75 Å². The maximum Gasteiger partial charge on any atom is 0.124 e. The summed E-state index contributed by atoms with van der Waals surface area (Å²) < 4.78 is 5.31. The summed E-state index contributed by atoms with van der Waals surface area (Å²) in [7, 11) is 1.62. The van der Waals surface area contributed by atoms with E-state index in [1.54, 1.807) is 18.9 Å². The van der Waals surface area contributed by atoms with E-state index in [-0.39, 0.29) is 0 Å². The molecule has 2 rings (SSSR count). The Morgan fingerprint density at radius 3 is 2.52 bits per heavy atom. The van der Waals surface area contributed by atoms with Gasteiger partial charge in [-0.1, -0.05) is 11.6 Å². The number of ether oxygens (including phenoxy) is 1. The molecular formula is C17H21NO2S. The van der Waals surface area contributed by atoms with E-state index in [4.69, 9.17) is 4.74 Å². The Morgan fingerprint density at radius 1 is 1.19 bits per heavy atom. The minimum absolute atomic E-state index is 0.443. The minimum Gasteiger partial charge on any atom is -0.496 e. The van der Waals surface area contributed by atoms with Gasteiger partial charge in [0.15, 0.2) is 0 Å². The van der Waals surface area contributed by atoms with Crippen LogP contribution in [0.2, 0.25) is 0 Å². The lowest BCUT2D eigenvalue weighted by atomic mass is 10.1. The molecule has 0 aliphatic heterocycles. The lowest BCUT2D eigenvalue weighted by Gasteiger charge is -2.17. The van der Waals surface area contributed by atoms with Gasteiger partial charge < -0.3 is 15.2 Å². The van der Waals surface area contributed by atoms with Gasteiger partial charge in [-0.2, -0.15) is 0 Å². The molecule has 0 spiro atoms. The molecular weight excluding hydrogens is 282 g/mol. The van der Waals surface area contributed by atoms with Crippen molar-refractivity contribution in [2.75, 3.05) is 25.2 Å². The number of hydrogen-bond acceptors (Lipinski definition) is 4. The Hall–Kier alpha value is -1.65. The van der Waals surface area contributed by atoms with Crippen molar-refractivity contribution in [2.45, 2.75) is 17.9 Å². The van der Waals surface area contributed by atoms with Crippen LogP contribution >= 0.6 is 11.8 Å². The van der Waals surface area contributed by atoms with Gasteiger partial charge in [0.2, 0.25) is 0 Å². The lowest BCUT2D eigenvalue weighted by Crippen LogP contribution is -2.13. The third-order valence-corrected chi connectivity index (χ3v) is 4.08. The zero-order valence-corrected chi connectivity index (χ0v) is 13.4. The van der Waals surface area contributed by atoms with Crippen LogP contribution in [0.1, 0.15) is 17.2 Å². The number of methoxy groups -OCH3 is 1. The molecule has 0 aromatic heterocycles. The fourth-order valence-corrected chi connectivity index (χ4v) is 2.56. The monoisotopic (exact) mass is 303 g/mol. The number of aliphatic hydroxyl groups is 1. The number of hydrogen-bond donors (Lipinski definition) is 2. The average Bonchev–Trinajstić information content (AvgIpc) is 2.53. The molecule has 0 aliphatic carbocycles. The highest BCUT2D eigenvalue weighted by atomic mass is 32.2. The van der Waals surface area contributed by atoms with Crippen LogP contribution in [0, 0.1) is 6.92 Å². The summed E-state index contributed by atoms with van der Waals surface area (Å²) in [6.45, 7) is 2.45. The highest BCUT2D eigenvalue weighted by Crippen LogP contribution is 2.26. The van der Waals surface area contributed by atoms with Gasteiger partial charge in [-0.15, -0.1) is 11.8 Å². The smallest absolute Gasteiger partial charge is 0.124 e. The Kier molecular flexibility index (Phi) is 5.53. The minimum atomic E-state index is -0.611. The Bertz CT molecular complexity index is 584. The molecule has 112 valence electrons. The number of aliphatic hydroxyl groups excluding tert-OH is 1. The average molecular weight is 303 g/mol. The molecule has 0 bridgehead atoms. The zero-order chi connectivity index (χ0) is 15.2. The van der Waals surface area contributed by atoms with Crippen molar-refractivity contribution in [3.05, 3.63) is 53.6 Å². The molecule has 2 N–H and O–H groups in total. The summed E-state index contributed by atoms with van der Waals surface area (Å²) in [4.78, 5) is 1.22. The van der Waals surface area contributed by atoms with E-state index < -0.39 is 6.10 Å². The van der Waals surface area contributed by atoms with Crippen molar-refractivity contribution in [2.24, 2.45) is 0 Å². The van der Waals surface area contributed by atoms with Crippen molar-refractivity contribution in [1.29, 1.82) is 0 Å². The van der Waals surface area contributed by atoms with E-state index >= 15 is 0 Å². The van der Waals surface area contributed by atoms with E-state index in [0.29, 0.717) is 12.3 Å². The quantitative estimate of drug-likeness (QED) is 0.795. The summed E-state index contributed by atoms with van der Waals surface area (Å²) >= 11 is 1.71. The van der Waals surface area contributed by atoms with Crippen LogP contribution in [-0.4, -0.2) is 25.0 Å². The molecule has 0 amide bonds. The topological polar surface area (TPSA) is 41.5 Å². The van der Waals surface area contributed by atoms with Crippen molar-refractivity contribution in [1.82, 2.24) is 0 Å². The van der Waals surface area contributed by atoms with Gasteiger partial charge in [0.1, 0.15) is 5.75 Å². The van der Waals surface area contributed by atoms with Crippen LogP contribution in [-0.2, 0) is 0 Å². The van der Waals surface area contributed by atoms with Crippen molar-refractivity contribution in [3.63, 3.8) is 0 Å². The van der Waals surface area contributed by atoms with Gasteiger partial charge in [-0.25, -0.2) is 0 Å². The van der Waals surface area contributed by atoms with Gasteiger partial charge in [0.25, 0.3) is 0 Å². The molecule has 0 radical (unpaired) electrons. The number of thioether (sulfide) groups is 1. The number of benzene rings is 2. The zero-order valence-electron chi connectivity index (χ0n) is 12.6. The van der Waals surface area contributed by atoms with Gasteiger partial charge in [0.05, 0.1) is 13.2 Å². The van der Waals surface area contributed by atoms with Crippen LogP contribution in [0.4, 0.5) is 5.69 Å². The number of rotatable bonds is 6. The van der Waals surface area contributed by atoms with Crippen LogP contribution in [0.15, 0.2) is 47.4 Å². The van der Waals surface area contributed by atoms with Gasteiger partial charge in [-0.3, -0.25) is 0 Å². The molecule has 3 nitrogen and oxygen atoms in total. The SMILES string of the molecule is COc1ccc(C)cc1C(O)CNc1ccc(SC)cc1. The van der Waals surface area contributed by atoms with Crippen molar-refractivity contribution >= 4 is 17.4 Å². The molecule has 4 heteroatoms. The maximum absolute atomic E-state index is 10.4. The van der Waals surface area contributed by atoms with E-state index in [2.05, 4.69) is 23.7 Å². The van der Waals surface area contributed by atoms with Crippen LogP contribution < -0.4 is 10.1 Å². The predicted molar refractivity (Wildman–Crippen MR) is 89.4 cm³/mol. The highest BCUT2D eigenvalue weighted by molar-refractivity contribution is 7.98. The van der Waals surface area contributed by atoms with E-state index in [9.17, 15) is 5.11 Å². The molecule has 0 saturated heterocycles. The second-order valence-electron chi connectivity index (χ2n) is 4.87. The van der Waals surface area contributed by atoms with Gasteiger partial charge >= 0.3 is 0 Å². The first kappa shape index (κ1) is 15.7. The van der Waals surface area contributed by atoms with Gasteiger partial charge in [-0.05, 0) is 49.6 Å². The number of anilines is 1. The molecule has 0 saturated carbocycles. The van der Waals surface area contributed by atoms with E-state index in [1.165, 1.54) is 4.90 Å². The molecule has 0 heterocycles. The third kappa shape index (κ3) is 4.16.